The number of primary amides is 1. The third-order valence-electron chi connectivity index (χ3n) is 2.71. The number of aliphatic hydroxyl groups is 1. The third-order valence-corrected chi connectivity index (χ3v) is 2.71. The molecule has 2 unspecified atom stereocenters. The van der Waals surface area contributed by atoms with Crippen molar-refractivity contribution in [1.82, 2.24) is 5.32 Å². The SMILES string of the molecule is COc1ccccc1CC(C)NCC(O)C(N)=O. The molecule has 5 heteroatoms. The van der Waals surface area contributed by atoms with E-state index in [4.69, 9.17) is 10.5 Å². The summed E-state index contributed by atoms with van der Waals surface area (Å²) in [6.07, 6.45) is -0.403. The fourth-order valence-corrected chi connectivity index (χ4v) is 1.69. The van der Waals surface area contributed by atoms with Crippen LogP contribution in [0.15, 0.2) is 24.3 Å². The number of hydrogen-bond acceptors (Lipinski definition) is 4. The molecule has 1 rings (SSSR count). The molecule has 4 N–H and O–H groups in total. The predicted molar refractivity (Wildman–Crippen MR) is 69.4 cm³/mol. The van der Waals surface area contributed by atoms with E-state index in [2.05, 4.69) is 5.32 Å². The van der Waals surface area contributed by atoms with Crippen LogP contribution in [0.5, 0.6) is 5.75 Å². The molecule has 0 fully saturated rings. The number of para-hydroxylation sites is 1. The summed E-state index contributed by atoms with van der Waals surface area (Å²) in [6, 6.07) is 7.86. The van der Waals surface area contributed by atoms with Gasteiger partial charge in [-0.15, -0.1) is 0 Å². The highest BCUT2D eigenvalue weighted by atomic mass is 16.5. The first kappa shape index (κ1) is 14.5. The zero-order valence-electron chi connectivity index (χ0n) is 10.7. The first-order valence-corrected chi connectivity index (χ1v) is 5.87. The summed E-state index contributed by atoms with van der Waals surface area (Å²) in [5.41, 5.74) is 6.05. The van der Waals surface area contributed by atoms with E-state index in [1.807, 2.05) is 31.2 Å². The van der Waals surface area contributed by atoms with Gasteiger partial charge in [0.05, 0.1) is 7.11 Å². The van der Waals surface area contributed by atoms with Crippen LogP contribution in [0.1, 0.15) is 12.5 Å². The van der Waals surface area contributed by atoms with Gasteiger partial charge < -0.3 is 20.9 Å². The second kappa shape index (κ2) is 6.98. The summed E-state index contributed by atoms with van der Waals surface area (Å²) in [5, 5.41) is 12.3. The van der Waals surface area contributed by atoms with Gasteiger partial charge in [0.2, 0.25) is 5.91 Å². The van der Waals surface area contributed by atoms with E-state index >= 15 is 0 Å². The van der Waals surface area contributed by atoms with Crippen molar-refractivity contribution in [1.29, 1.82) is 0 Å². The lowest BCUT2D eigenvalue weighted by molar-refractivity contribution is -0.125. The van der Waals surface area contributed by atoms with Crippen LogP contribution in [0.25, 0.3) is 0 Å². The minimum absolute atomic E-state index is 0.107. The zero-order chi connectivity index (χ0) is 13.5. The van der Waals surface area contributed by atoms with Crippen molar-refractivity contribution in [2.24, 2.45) is 5.73 Å². The molecule has 1 amide bonds. The average Bonchev–Trinajstić information content (AvgIpc) is 2.36. The van der Waals surface area contributed by atoms with Crippen molar-refractivity contribution in [2.45, 2.75) is 25.5 Å². The van der Waals surface area contributed by atoms with Crippen molar-refractivity contribution in [3.05, 3.63) is 29.8 Å². The highest BCUT2D eigenvalue weighted by Gasteiger charge is 2.13. The van der Waals surface area contributed by atoms with Crippen LogP contribution in [0.3, 0.4) is 0 Å². The number of nitrogens with two attached hydrogens (primary N) is 1. The van der Waals surface area contributed by atoms with Gasteiger partial charge in [-0.1, -0.05) is 18.2 Å². The van der Waals surface area contributed by atoms with Crippen molar-refractivity contribution in [3.8, 4) is 5.75 Å². The number of nitrogens with one attached hydrogen (secondary N) is 1. The summed E-state index contributed by atoms with van der Waals surface area (Å²) in [7, 11) is 1.63. The Bertz CT molecular complexity index is 396. The van der Waals surface area contributed by atoms with E-state index in [1.165, 1.54) is 0 Å². The van der Waals surface area contributed by atoms with Crippen LogP contribution in [0.2, 0.25) is 0 Å². The van der Waals surface area contributed by atoms with Crippen LogP contribution >= 0.6 is 0 Å². The molecule has 0 aliphatic heterocycles. The molecule has 5 nitrogen and oxygen atoms in total. The molecule has 100 valence electrons. The number of amides is 1. The first-order valence-electron chi connectivity index (χ1n) is 5.87. The lowest BCUT2D eigenvalue weighted by Gasteiger charge is -2.17. The Kier molecular flexibility index (Phi) is 5.61. The van der Waals surface area contributed by atoms with Gasteiger partial charge >= 0.3 is 0 Å². The predicted octanol–water partition coefficient (Wildman–Crippen LogP) is 0.0620. The normalized spacial score (nSPS) is 13.9. The Morgan fingerprint density at radius 1 is 1.50 bits per heavy atom. The second-order valence-electron chi connectivity index (χ2n) is 4.24. The Morgan fingerprint density at radius 2 is 2.17 bits per heavy atom. The maximum absolute atomic E-state index is 10.7. The van der Waals surface area contributed by atoms with E-state index in [0.29, 0.717) is 0 Å². The van der Waals surface area contributed by atoms with Crippen molar-refractivity contribution in [3.63, 3.8) is 0 Å². The van der Waals surface area contributed by atoms with Gasteiger partial charge in [0.25, 0.3) is 0 Å². The van der Waals surface area contributed by atoms with Gasteiger partial charge in [-0.25, -0.2) is 0 Å². The van der Waals surface area contributed by atoms with Gasteiger partial charge in [-0.05, 0) is 25.0 Å². The zero-order valence-corrected chi connectivity index (χ0v) is 10.7. The lowest BCUT2D eigenvalue weighted by atomic mass is 10.1. The molecule has 0 spiro atoms. The smallest absolute Gasteiger partial charge is 0.247 e. The van der Waals surface area contributed by atoms with Gasteiger partial charge in [-0.2, -0.15) is 0 Å². The molecule has 0 aromatic heterocycles. The van der Waals surface area contributed by atoms with E-state index in [1.54, 1.807) is 7.11 Å². The van der Waals surface area contributed by atoms with Crippen LogP contribution in [0.4, 0.5) is 0 Å². The summed E-state index contributed by atoms with van der Waals surface area (Å²) in [4.78, 5) is 10.7. The fourth-order valence-electron chi connectivity index (χ4n) is 1.69. The summed E-state index contributed by atoms with van der Waals surface area (Å²) < 4.78 is 5.26. The lowest BCUT2D eigenvalue weighted by Crippen LogP contribution is -2.41. The number of carbonyl (C=O) groups excluding carboxylic acids is 1. The minimum atomic E-state index is -1.15. The molecule has 0 bridgehead atoms. The summed E-state index contributed by atoms with van der Waals surface area (Å²) >= 11 is 0. The van der Waals surface area contributed by atoms with Gasteiger partial charge in [0.1, 0.15) is 11.9 Å². The molecule has 0 aliphatic carbocycles. The molecule has 18 heavy (non-hydrogen) atoms. The maximum atomic E-state index is 10.7. The molecular weight excluding hydrogens is 232 g/mol. The monoisotopic (exact) mass is 252 g/mol. The number of hydrogen-bond donors (Lipinski definition) is 3. The molecule has 0 aliphatic rings. The average molecular weight is 252 g/mol. The van der Waals surface area contributed by atoms with Gasteiger partial charge in [0, 0.05) is 12.6 Å². The number of carbonyl (C=O) groups is 1. The van der Waals surface area contributed by atoms with E-state index in [-0.39, 0.29) is 12.6 Å². The van der Waals surface area contributed by atoms with E-state index < -0.39 is 12.0 Å². The number of methoxy groups -OCH3 is 1. The van der Waals surface area contributed by atoms with Crippen molar-refractivity contribution >= 4 is 5.91 Å². The molecule has 0 saturated heterocycles. The van der Waals surface area contributed by atoms with E-state index in [9.17, 15) is 9.90 Å². The molecule has 2 atom stereocenters. The van der Waals surface area contributed by atoms with E-state index in [0.717, 1.165) is 17.7 Å². The van der Waals surface area contributed by atoms with Gasteiger partial charge in [-0.3, -0.25) is 4.79 Å². The highest BCUT2D eigenvalue weighted by Crippen LogP contribution is 2.18. The van der Waals surface area contributed by atoms with Crippen LogP contribution in [-0.2, 0) is 11.2 Å². The summed E-state index contributed by atoms with van der Waals surface area (Å²) in [6.45, 7) is 2.13. The summed E-state index contributed by atoms with van der Waals surface area (Å²) in [5.74, 6) is 0.119. The fraction of sp³-hybridized carbons (Fsp3) is 0.462. The van der Waals surface area contributed by atoms with Crippen molar-refractivity contribution < 1.29 is 14.6 Å². The molecule has 0 heterocycles. The largest absolute Gasteiger partial charge is 0.496 e. The maximum Gasteiger partial charge on any atom is 0.247 e. The number of ether oxygens (including phenoxy) is 1. The van der Waals surface area contributed by atoms with Crippen LogP contribution < -0.4 is 15.8 Å². The Labute approximate surface area is 107 Å². The Morgan fingerprint density at radius 3 is 2.78 bits per heavy atom. The third kappa shape index (κ3) is 4.35. The molecule has 1 aromatic rings. The Balaban J connectivity index is 2.49. The molecule has 0 saturated carbocycles. The molecular formula is C13H20N2O3. The van der Waals surface area contributed by atoms with Crippen LogP contribution in [-0.4, -0.2) is 36.8 Å². The highest BCUT2D eigenvalue weighted by molar-refractivity contribution is 5.78. The first-order chi connectivity index (χ1) is 8.54. The number of benzene rings is 1. The molecule has 0 radical (unpaired) electrons. The van der Waals surface area contributed by atoms with Crippen molar-refractivity contribution in [2.75, 3.05) is 13.7 Å². The Hall–Kier alpha value is -1.59. The minimum Gasteiger partial charge on any atom is -0.496 e. The van der Waals surface area contributed by atoms with Gasteiger partial charge in [0.15, 0.2) is 0 Å². The van der Waals surface area contributed by atoms with Crippen LogP contribution in [0, 0.1) is 0 Å². The second-order valence-corrected chi connectivity index (χ2v) is 4.24. The quantitative estimate of drug-likeness (QED) is 0.641. The standard InChI is InChI=1S/C13H20N2O3/c1-9(15-8-11(16)13(14)17)7-10-5-3-4-6-12(10)18-2/h3-6,9,11,15-16H,7-8H2,1-2H3,(H2,14,17). The number of aliphatic hydroxyl groups excluding tert-OH is 1. The topological polar surface area (TPSA) is 84.6 Å². The molecule has 1 aromatic carbocycles. The number of rotatable bonds is 7.